The maximum atomic E-state index is 5.80. The SMILES string of the molecule is CNC(CCc1ccc(OC)cc1)COc1ccccc1. The highest BCUT2D eigenvalue weighted by atomic mass is 16.5. The van der Waals surface area contributed by atoms with Crippen LogP contribution in [0.1, 0.15) is 12.0 Å². The molecule has 0 spiro atoms. The lowest BCUT2D eigenvalue weighted by Gasteiger charge is -2.17. The van der Waals surface area contributed by atoms with E-state index >= 15 is 0 Å². The van der Waals surface area contributed by atoms with Crippen molar-refractivity contribution >= 4 is 0 Å². The number of aryl methyl sites for hydroxylation is 1. The maximum absolute atomic E-state index is 5.80. The quantitative estimate of drug-likeness (QED) is 0.807. The molecule has 0 aromatic heterocycles. The molecule has 0 aliphatic heterocycles. The summed E-state index contributed by atoms with van der Waals surface area (Å²) in [5.74, 6) is 1.82. The van der Waals surface area contributed by atoms with Crippen molar-refractivity contribution in [3.8, 4) is 11.5 Å². The largest absolute Gasteiger partial charge is 0.497 e. The van der Waals surface area contributed by atoms with E-state index in [0.29, 0.717) is 12.6 Å². The molecule has 2 aromatic rings. The Hall–Kier alpha value is -2.00. The molecule has 0 saturated carbocycles. The van der Waals surface area contributed by atoms with E-state index in [2.05, 4.69) is 17.4 Å². The highest BCUT2D eigenvalue weighted by molar-refractivity contribution is 5.27. The zero-order valence-corrected chi connectivity index (χ0v) is 12.7. The van der Waals surface area contributed by atoms with Gasteiger partial charge in [0.05, 0.1) is 7.11 Å². The fourth-order valence-electron chi connectivity index (χ4n) is 2.16. The topological polar surface area (TPSA) is 30.5 Å². The molecular weight excluding hydrogens is 262 g/mol. The number of benzene rings is 2. The molecule has 1 atom stereocenters. The zero-order chi connectivity index (χ0) is 14.9. The Morgan fingerprint density at radius 1 is 0.952 bits per heavy atom. The molecule has 0 bridgehead atoms. The summed E-state index contributed by atoms with van der Waals surface area (Å²) >= 11 is 0. The van der Waals surface area contributed by atoms with Crippen LogP contribution in [0.4, 0.5) is 0 Å². The number of hydrogen-bond acceptors (Lipinski definition) is 3. The molecule has 2 aromatic carbocycles. The third kappa shape index (κ3) is 5.12. The van der Waals surface area contributed by atoms with Gasteiger partial charge in [0, 0.05) is 6.04 Å². The number of ether oxygens (including phenoxy) is 2. The standard InChI is InChI=1S/C18H23NO2/c1-19-16(14-21-18-6-4-3-5-7-18)11-8-15-9-12-17(20-2)13-10-15/h3-7,9-10,12-13,16,19H,8,11,14H2,1-2H3. The van der Waals surface area contributed by atoms with Crippen LogP contribution in [0.2, 0.25) is 0 Å². The Bertz CT molecular complexity index is 511. The van der Waals surface area contributed by atoms with Gasteiger partial charge in [-0.25, -0.2) is 0 Å². The summed E-state index contributed by atoms with van der Waals surface area (Å²) in [6.07, 6.45) is 2.06. The van der Waals surface area contributed by atoms with Crippen molar-refractivity contribution in [1.29, 1.82) is 0 Å². The van der Waals surface area contributed by atoms with Crippen LogP contribution in [0.15, 0.2) is 54.6 Å². The first kappa shape index (κ1) is 15.4. The predicted molar refractivity (Wildman–Crippen MR) is 86.1 cm³/mol. The molecule has 112 valence electrons. The van der Waals surface area contributed by atoms with E-state index in [1.54, 1.807) is 7.11 Å². The van der Waals surface area contributed by atoms with Crippen LogP contribution in [0.25, 0.3) is 0 Å². The van der Waals surface area contributed by atoms with Gasteiger partial charge >= 0.3 is 0 Å². The van der Waals surface area contributed by atoms with Crippen LogP contribution in [-0.2, 0) is 6.42 Å². The molecule has 3 heteroatoms. The van der Waals surface area contributed by atoms with Gasteiger partial charge in [-0.2, -0.15) is 0 Å². The molecule has 0 saturated heterocycles. The summed E-state index contributed by atoms with van der Waals surface area (Å²) in [7, 11) is 3.67. The second-order valence-electron chi connectivity index (χ2n) is 5.00. The highest BCUT2D eigenvalue weighted by Crippen LogP contribution is 2.14. The van der Waals surface area contributed by atoms with Gasteiger partial charge in [0.1, 0.15) is 18.1 Å². The predicted octanol–water partition coefficient (Wildman–Crippen LogP) is 3.29. The van der Waals surface area contributed by atoms with Crippen molar-refractivity contribution in [2.75, 3.05) is 20.8 Å². The number of nitrogens with one attached hydrogen (secondary N) is 1. The Kier molecular flexibility index (Phi) is 6.10. The molecule has 2 rings (SSSR count). The maximum Gasteiger partial charge on any atom is 0.119 e. The average Bonchev–Trinajstić information content (AvgIpc) is 2.56. The number of likely N-dealkylation sites (N-methyl/N-ethyl adjacent to an activating group) is 1. The lowest BCUT2D eigenvalue weighted by Crippen LogP contribution is -2.32. The minimum absolute atomic E-state index is 0.340. The smallest absolute Gasteiger partial charge is 0.119 e. The van der Waals surface area contributed by atoms with E-state index < -0.39 is 0 Å². The molecule has 1 N–H and O–H groups in total. The van der Waals surface area contributed by atoms with E-state index in [1.807, 2.05) is 49.5 Å². The van der Waals surface area contributed by atoms with Crippen molar-refractivity contribution < 1.29 is 9.47 Å². The van der Waals surface area contributed by atoms with Gasteiger partial charge in [-0.1, -0.05) is 30.3 Å². The lowest BCUT2D eigenvalue weighted by molar-refractivity contribution is 0.263. The van der Waals surface area contributed by atoms with Crippen LogP contribution in [0, 0.1) is 0 Å². The fourth-order valence-corrected chi connectivity index (χ4v) is 2.16. The Morgan fingerprint density at radius 3 is 2.29 bits per heavy atom. The molecule has 21 heavy (non-hydrogen) atoms. The molecule has 0 fully saturated rings. The summed E-state index contributed by atoms with van der Waals surface area (Å²) in [6.45, 7) is 0.677. The number of hydrogen-bond donors (Lipinski definition) is 1. The molecule has 1 unspecified atom stereocenters. The first-order chi connectivity index (χ1) is 10.3. The van der Waals surface area contributed by atoms with Gasteiger partial charge in [-0.05, 0) is 49.7 Å². The minimum atomic E-state index is 0.340. The summed E-state index contributed by atoms with van der Waals surface area (Å²) in [4.78, 5) is 0. The minimum Gasteiger partial charge on any atom is -0.497 e. The van der Waals surface area contributed by atoms with Crippen LogP contribution >= 0.6 is 0 Å². The van der Waals surface area contributed by atoms with Gasteiger partial charge in [0.25, 0.3) is 0 Å². The molecule has 0 aliphatic rings. The van der Waals surface area contributed by atoms with Crippen LogP contribution < -0.4 is 14.8 Å². The average molecular weight is 285 g/mol. The highest BCUT2D eigenvalue weighted by Gasteiger charge is 2.07. The molecule has 0 heterocycles. The van der Waals surface area contributed by atoms with Crippen molar-refractivity contribution in [3.63, 3.8) is 0 Å². The first-order valence-corrected chi connectivity index (χ1v) is 7.30. The zero-order valence-electron chi connectivity index (χ0n) is 12.7. The second-order valence-corrected chi connectivity index (χ2v) is 5.00. The lowest BCUT2D eigenvalue weighted by atomic mass is 10.1. The molecule has 0 amide bonds. The van der Waals surface area contributed by atoms with E-state index in [-0.39, 0.29) is 0 Å². The second kappa shape index (κ2) is 8.32. The normalized spacial score (nSPS) is 11.9. The van der Waals surface area contributed by atoms with E-state index in [4.69, 9.17) is 9.47 Å². The summed E-state index contributed by atoms with van der Waals surface area (Å²) in [5, 5.41) is 3.32. The third-order valence-corrected chi connectivity index (χ3v) is 3.54. The Labute approximate surface area is 126 Å². The first-order valence-electron chi connectivity index (χ1n) is 7.30. The third-order valence-electron chi connectivity index (χ3n) is 3.54. The van der Waals surface area contributed by atoms with Crippen molar-refractivity contribution in [2.45, 2.75) is 18.9 Å². The molecule has 0 aliphatic carbocycles. The van der Waals surface area contributed by atoms with Crippen LogP contribution in [0.3, 0.4) is 0 Å². The monoisotopic (exact) mass is 285 g/mol. The Morgan fingerprint density at radius 2 is 1.67 bits per heavy atom. The summed E-state index contributed by atoms with van der Waals surface area (Å²) in [5.41, 5.74) is 1.32. The van der Waals surface area contributed by atoms with Gasteiger partial charge in [0.15, 0.2) is 0 Å². The number of para-hydroxylation sites is 1. The van der Waals surface area contributed by atoms with E-state index in [9.17, 15) is 0 Å². The molecular formula is C18H23NO2. The van der Waals surface area contributed by atoms with Gasteiger partial charge in [-0.3, -0.25) is 0 Å². The summed E-state index contributed by atoms with van der Waals surface area (Å²) in [6, 6.07) is 18.5. The fraction of sp³-hybridized carbons (Fsp3) is 0.333. The van der Waals surface area contributed by atoms with Gasteiger partial charge < -0.3 is 14.8 Å². The van der Waals surface area contributed by atoms with Gasteiger partial charge in [-0.15, -0.1) is 0 Å². The molecule has 3 nitrogen and oxygen atoms in total. The van der Waals surface area contributed by atoms with E-state index in [1.165, 1.54) is 5.56 Å². The van der Waals surface area contributed by atoms with E-state index in [0.717, 1.165) is 24.3 Å². The number of rotatable bonds is 8. The van der Waals surface area contributed by atoms with Crippen molar-refractivity contribution in [1.82, 2.24) is 5.32 Å². The Balaban J connectivity index is 1.79. The van der Waals surface area contributed by atoms with Crippen LogP contribution in [-0.4, -0.2) is 26.8 Å². The van der Waals surface area contributed by atoms with Crippen LogP contribution in [0.5, 0.6) is 11.5 Å². The van der Waals surface area contributed by atoms with Crippen molar-refractivity contribution in [2.24, 2.45) is 0 Å². The van der Waals surface area contributed by atoms with Gasteiger partial charge in [0.2, 0.25) is 0 Å². The molecule has 0 radical (unpaired) electrons. The number of methoxy groups -OCH3 is 1. The van der Waals surface area contributed by atoms with Crippen molar-refractivity contribution in [3.05, 3.63) is 60.2 Å². The summed E-state index contributed by atoms with van der Waals surface area (Å²) < 4.78 is 11.0.